The highest BCUT2D eigenvalue weighted by atomic mass is 14.9. The first-order valence-electron chi connectivity index (χ1n) is 3.69. The molecular weight excluding hydrogens is 138 g/mol. The van der Waals surface area contributed by atoms with Gasteiger partial charge in [-0.1, -0.05) is 0 Å². The van der Waals surface area contributed by atoms with Crippen molar-refractivity contribution in [1.82, 2.24) is 0 Å². The molecule has 1 heterocycles. The molecule has 1 aliphatic rings. The van der Waals surface area contributed by atoms with E-state index in [0.29, 0.717) is 11.4 Å². The molecule has 1 aromatic carbocycles. The minimum Gasteiger partial charge on any atom is -0.397 e. The standard InChI is InChI=1S/C8H11N3/c9-6-3-5-1-2-11-8(5)4-7(6)10/h3-4,11H,1-2,9-10H2. The predicted octanol–water partition coefficient (Wildman–Crippen LogP) is 0.819. The zero-order chi connectivity index (χ0) is 7.84. The highest BCUT2D eigenvalue weighted by molar-refractivity contribution is 5.73. The number of nitrogen functional groups attached to an aromatic ring is 2. The van der Waals surface area contributed by atoms with E-state index in [4.69, 9.17) is 11.5 Å². The van der Waals surface area contributed by atoms with Crippen molar-refractivity contribution in [3.63, 3.8) is 0 Å². The van der Waals surface area contributed by atoms with Crippen LogP contribution >= 0.6 is 0 Å². The van der Waals surface area contributed by atoms with Crippen LogP contribution in [-0.2, 0) is 6.42 Å². The van der Waals surface area contributed by atoms with Crippen molar-refractivity contribution in [3.05, 3.63) is 17.7 Å². The van der Waals surface area contributed by atoms with Crippen molar-refractivity contribution in [2.24, 2.45) is 0 Å². The maximum Gasteiger partial charge on any atom is 0.0568 e. The number of hydrogen-bond acceptors (Lipinski definition) is 3. The lowest BCUT2D eigenvalue weighted by molar-refractivity contribution is 1.11. The molecular formula is C8H11N3. The van der Waals surface area contributed by atoms with Crippen molar-refractivity contribution >= 4 is 17.1 Å². The fourth-order valence-electron chi connectivity index (χ4n) is 1.38. The van der Waals surface area contributed by atoms with Crippen molar-refractivity contribution in [1.29, 1.82) is 0 Å². The van der Waals surface area contributed by atoms with Gasteiger partial charge in [-0.05, 0) is 24.1 Å². The van der Waals surface area contributed by atoms with E-state index in [1.807, 2.05) is 12.1 Å². The van der Waals surface area contributed by atoms with E-state index in [0.717, 1.165) is 18.7 Å². The van der Waals surface area contributed by atoms with Crippen molar-refractivity contribution in [2.75, 3.05) is 23.3 Å². The van der Waals surface area contributed by atoms with Gasteiger partial charge in [0.2, 0.25) is 0 Å². The van der Waals surface area contributed by atoms with Gasteiger partial charge >= 0.3 is 0 Å². The summed E-state index contributed by atoms with van der Waals surface area (Å²) in [6, 6.07) is 3.85. The normalized spacial score (nSPS) is 14.2. The van der Waals surface area contributed by atoms with Gasteiger partial charge in [0.05, 0.1) is 11.4 Å². The van der Waals surface area contributed by atoms with Crippen molar-refractivity contribution < 1.29 is 0 Å². The Balaban J connectivity index is 2.57. The SMILES string of the molecule is Nc1cc2c(cc1N)NCC2. The fraction of sp³-hybridized carbons (Fsp3) is 0.250. The van der Waals surface area contributed by atoms with Crippen LogP contribution in [0, 0.1) is 0 Å². The van der Waals surface area contributed by atoms with E-state index in [2.05, 4.69) is 5.32 Å². The molecule has 3 nitrogen and oxygen atoms in total. The molecule has 0 atom stereocenters. The number of nitrogens with two attached hydrogens (primary N) is 2. The summed E-state index contributed by atoms with van der Waals surface area (Å²) in [6.45, 7) is 0.998. The van der Waals surface area contributed by atoms with Crippen molar-refractivity contribution in [2.45, 2.75) is 6.42 Å². The Labute approximate surface area is 65.4 Å². The number of fused-ring (bicyclic) bond motifs is 1. The van der Waals surface area contributed by atoms with Gasteiger partial charge in [-0.15, -0.1) is 0 Å². The summed E-state index contributed by atoms with van der Waals surface area (Å²) in [5, 5.41) is 3.23. The Morgan fingerprint density at radius 2 is 1.91 bits per heavy atom. The molecule has 0 aromatic heterocycles. The Morgan fingerprint density at radius 3 is 2.73 bits per heavy atom. The molecule has 0 bridgehead atoms. The first kappa shape index (κ1) is 6.34. The van der Waals surface area contributed by atoms with Crippen LogP contribution in [-0.4, -0.2) is 6.54 Å². The van der Waals surface area contributed by atoms with Crippen molar-refractivity contribution in [3.8, 4) is 0 Å². The highest BCUT2D eigenvalue weighted by Gasteiger charge is 2.10. The molecule has 0 fully saturated rings. The van der Waals surface area contributed by atoms with Crippen LogP contribution in [0.5, 0.6) is 0 Å². The Bertz CT molecular complexity index is 265. The van der Waals surface area contributed by atoms with Gasteiger partial charge in [0.15, 0.2) is 0 Å². The third-order valence-electron chi connectivity index (χ3n) is 2.02. The molecule has 1 aliphatic heterocycles. The third-order valence-corrected chi connectivity index (χ3v) is 2.02. The lowest BCUT2D eigenvalue weighted by atomic mass is 10.1. The molecule has 3 heteroatoms. The molecule has 0 radical (unpaired) electrons. The number of rotatable bonds is 0. The number of anilines is 3. The second-order valence-corrected chi connectivity index (χ2v) is 2.82. The Kier molecular flexibility index (Phi) is 1.18. The first-order valence-corrected chi connectivity index (χ1v) is 3.69. The molecule has 0 aliphatic carbocycles. The van der Waals surface area contributed by atoms with E-state index in [9.17, 15) is 0 Å². The average molecular weight is 149 g/mol. The highest BCUT2D eigenvalue weighted by Crippen LogP contribution is 2.28. The largest absolute Gasteiger partial charge is 0.397 e. The minimum absolute atomic E-state index is 0.665. The molecule has 2 rings (SSSR count). The Hall–Kier alpha value is -1.38. The van der Waals surface area contributed by atoms with E-state index in [-0.39, 0.29) is 0 Å². The van der Waals surface area contributed by atoms with Crippen LogP contribution in [0.1, 0.15) is 5.56 Å². The average Bonchev–Trinajstić information content (AvgIpc) is 2.36. The fourth-order valence-corrected chi connectivity index (χ4v) is 1.38. The molecule has 0 spiro atoms. The minimum atomic E-state index is 0.665. The van der Waals surface area contributed by atoms with Crippen LogP contribution in [0.4, 0.5) is 17.1 Å². The van der Waals surface area contributed by atoms with Crippen LogP contribution in [0.2, 0.25) is 0 Å². The number of hydrogen-bond donors (Lipinski definition) is 3. The number of benzene rings is 1. The second kappa shape index (κ2) is 2.05. The summed E-state index contributed by atoms with van der Waals surface area (Å²) < 4.78 is 0. The zero-order valence-electron chi connectivity index (χ0n) is 6.22. The first-order chi connectivity index (χ1) is 5.27. The monoisotopic (exact) mass is 149 g/mol. The summed E-state index contributed by atoms with van der Waals surface area (Å²) in [5.74, 6) is 0. The van der Waals surface area contributed by atoms with E-state index < -0.39 is 0 Å². The maximum absolute atomic E-state index is 5.64. The van der Waals surface area contributed by atoms with Crippen LogP contribution in [0.15, 0.2) is 12.1 Å². The van der Waals surface area contributed by atoms with Gasteiger partial charge in [-0.2, -0.15) is 0 Å². The van der Waals surface area contributed by atoms with Gasteiger partial charge < -0.3 is 16.8 Å². The van der Waals surface area contributed by atoms with Crippen LogP contribution in [0.3, 0.4) is 0 Å². The molecule has 5 N–H and O–H groups in total. The molecule has 0 amide bonds. The maximum atomic E-state index is 5.64. The molecule has 1 aromatic rings. The summed E-state index contributed by atoms with van der Waals surface area (Å²) in [4.78, 5) is 0. The number of nitrogens with one attached hydrogen (secondary N) is 1. The molecule has 0 saturated heterocycles. The van der Waals surface area contributed by atoms with Gasteiger partial charge in [0, 0.05) is 12.2 Å². The van der Waals surface area contributed by atoms with E-state index in [1.165, 1.54) is 5.56 Å². The predicted molar refractivity (Wildman–Crippen MR) is 47.5 cm³/mol. The Morgan fingerprint density at radius 1 is 1.18 bits per heavy atom. The van der Waals surface area contributed by atoms with Crippen LogP contribution < -0.4 is 16.8 Å². The van der Waals surface area contributed by atoms with Gasteiger partial charge in [0.1, 0.15) is 0 Å². The molecule has 58 valence electrons. The van der Waals surface area contributed by atoms with Gasteiger partial charge in [-0.25, -0.2) is 0 Å². The summed E-state index contributed by atoms with van der Waals surface area (Å²) in [7, 11) is 0. The summed E-state index contributed by atoms with van der Waals surface area (Å²) in [6.07, 6.45) is 1.06. The van der Waals surface area contributed by atoms with E-state index >= 15 is 0 Å². The van der Waals surface area contributed by atoms with Gasteiger partial charge in [0.25, 0.3) is 0 Å². The van der Waals surface area contributed by atoms with Gasteiger partial charge in [-0.3, -0.25) is 0 Å². The summed E-state index contributed by atoms with van der Waals surface area (Å²) in [5.41, 5.74) is 15.0. The van der Waals surface area contributed by atoms with Crippen LogP contribution in [0.25, 0.3) is 0 Å². The topological polar surface area (TPSA) is 64.1 Å². The summed E-state index contributed by atoms with van der Waals surface area (Å²) >= 11 is 0. The lowest BCUT2D eigenvalue weighted by Gasteiger charge is -2.03. The zero-order valence-corrected chi connectivity index (χ0v) is 6.22. The lowest BCUT2D eigenvalue weighted by Crippen LogP contribution is -1.96. The van der Waals surface area contributed by atoms with E-state index in [1.54, 1.807) is 0 Å². The molecule has 0 saturated carbocycles. The third kappa shape index (κ3) is 0.888. The second-order valence-electron chi connectivity index (χ2n) is 2.82. The molecule has 0 unspecified atom stereocenters. The smallest absolute Gasteiger partial charge is 0.0568 e. The molecule has 11 heavy (non-hydrogen) atoms. The quantitative estimate of drug-likeness (QED) is 0.478.